The number of imide groups is 1. The normalized spacial score (nSPS) is 13.9. The Bertz CT molecular complexity index is 862. The molecule has 0 aliphatic carbocycles. The number of thioether (sulfide) groups is 1. The minimum absolute atomic E-state index is 0.105. The van der Waals surface area contributed by atoms with Gasteiger partial charge in [-0.3, -0.25) is 19.3 Å². The summed E-state index contributed by atoms with van der Waals surface area (Å²) in [6, 6.07) is 12.7. The van der Waals surface area contributed by atoms with Crippen LogP contribution in [0.1, 0.15) is 10.4 Å². The second-order valence-corrected chi connectivity index (χ2v) is 6.48. The van der Waals surface area contributed by atoms with Crippen LogP contribution in [0.25, 0.3) is 10.8 Å². The number of carbonyl (C=O) groups excluding carboxylic acids is 4. The van der Waals surface area contributed by atoms with Crippen molar-refractivity contribution in [2.75, 3.05) is 25.4 Å². The Labute approximate surface area is 153 Å². The summed E-state index contributed by atoms with van der Waals surface area (Å²) in [7, 11) is 0. The third-order valence-corrected chi connectivity index (χ3v) is 4.70. The summed E-state index contributed by atoms with van der Waals surface area (Å²) in [6.07, 6.45) is 0. The van der Waals surface area contributed by atoms with Crippen molar-refractivity contribution in [1.82, 2.24) is 10.2 Å². The lowest BCUT2D eigenvalue weighted by Crippen LogP contribution is -2.38. The van der Waals surface area contributed by atoms with Crippen LogP contribution in [0.2, 0.25) is 0 Å². The molecule has 1 saturated heterocycles. The molecule has 3 rings (SSSR count). The fourth-order valence-corrected chi connectivity index (χ4v) is 3.32. The molecule has 3 amide bonds. The third kappa shape index (κ3) is 4.02. The van der Waals surface area contributed by atoms with Gasteiger partial charge < -0.3 is 10.1 Å². The second-order valence-electron chi connectivity index (χ2n) is 5.55. The van der Waals surface area contributed by atoms with Crippen LogP contribution in [0, 0.1) is 0 Å². The van der Waals surface area contributed by atoms with Gasteiger partial charge in [-0.15, -0.1) is 0 Å². The molecule has 0 unspecified atom stereocenters. The Balaban J connectivity index is 1.49. The van der Waals surface area contributed by atoms with Crippen LogP contribution in [0.3, 0.4) is 0 Å². The predicted octanol–water partition coefficient (Wildman–Crippen LogP) is 1.81. The van der Waals surface area contributed by atoms with Crippen LogP contribution in [0.5, 0.6) is 0 Å². The fraction of sp³-hybridized carbons (Fsp3) is 0.222. The van der Waals surface area contributed by atoms with Crippen molar-refractivity contribution in [1.29, 1.82) is 0 Å². The minimum Gasteiger partial charge on any atom is -0.452 e. The number of ether oxygens (including phenoxy) is 1. The van der Waals surface area contributed by atoms with Gasteiger partial charge in [0.1, 0.15) is 0 Å². The van der Waals surface area contributed by atoms with Gasteiger partial charge in [-0.25, -0.2) is 4.79 Å². The van der Waals surface area contributed by atoms with Gasteiger partial charge in [0.25, 0.3) is 11.1 Å². The highest BCUT2D eigenvalue weighted by molar-refractivity contribution is 8.14. The highest BCUT2D eigenvalue weighted by Gasteiger charge is 2.29. The average molecular weight is 372 g/mol. The number of fused-ring (bicyclic) bond motifs is 1. The number of benzene rings is 2. The number of amides is 3. The van der Waals surface area contributed by atoms with E-state index in [4.69, 9.17) is 4.74 Å². The summed E-state index contributed by atoms with van der Waals surface area (Å²) in [4.78, 5) is 48.0. The van der Waals surface area contributed by atoms with Crippen molar-refractivity contribution >= 4 is 45.6 Å². The van der Waals surface area contributed by atoms with Gasteiger partial charge in [0.05, 0.1) is 11.3 Å². The molecule has 0 radical (unpaired) electrons. The molecule has 8 heteroatoms. The third-order valence-electron chi connectivity index (χ3n) is 3.84. The van der Waals surface area contributed by atoms with Gasteiger partial charge >= 0.3 is 5.97 Å². The number of nitrogens with one attached hydrogen (secondary N) is 1. The first kappa shape index (κ1) is 17.9. The predicted molar refractivity (Wildman–Crippen MR) is 96.8 cm³/mol. The lowest BCUT2D eigenvalue weighted by Gasteiger charge is -2.13. The first-order valence-corrected chi connectivity index (χ1v) is 8.93. The fourth-order valence-electron chi connectivity index (χ4n) is 2.57. The van der Waals surface area contributed by atoms with Crippen LogP contribution in [-0.4, -0.2) is 53.4 Å². The first-order chi connectivity index (χ1) is 12.6. The van der Waals surface area contributed by atoms with E-state index in [9.17, 15) is 19.2 Å². The van der Waals surface area contributed by atoms with E-state index in [1.54, 1.807) is 12.1 Å². The lowest BCUT2D eigenvalue weighted by atomic mass is 10.1. The smallest absolute Gasteiger partial charge is 0.339 e. The molecule has 1 N–H and O–H groups in total. The van der Waals surface area contributed by atoms with Crippen molar-refractivity contribution < 1.29 is 23.9 Å². The molecule has 1 heterocycles. The zero-order valence-corrected chi connectivity index (χ0v) is 14.6. The van der Waals surface area contributed by atoms with E-state index in [1.807, 2.05) is 30.3 Å². The quantitative estimate of drug-likeness (QED) is 0.778. The first-order valence-electron chi connectivity index (χ1n) is 7.95. The van der Waals surface area contributed by atoms with Crippen molar-refractivity contribution in [2.24, 2.45) is 0 Å². The Morgan fingerprint density at radius 3 is 2.65 bits per heavy atom. The minimum atomic E-state index is -0.585. The largest absolute Gasteiger partial charge is 0.452 e. The van der Waals surface area contributed by atoms with E-state index in [2.05, 4.69) is 5.32 Å². The van der Waals surface area contributed by atoms with Gasteiger partial charge in [-0.1, -0.05) is 48.2 Å². The van der Waals surface area contributed by atoms with E-state index < -0.39 is 18.5 Å². The SMILES string of the molecule is O=C(COC(=O)c1cccc2ccccc12)NCCN1C(=O)CSC1=O. The van der Waals surface area contributed by atoms with Crippen LogP contribution < -0.4 is 5.32 Å². The molecule has 0 spiro atoms. The number of hydrogen-bond donors (Lipinski definition) is 1. The van der Waals surface area contributed by atoms with Crippen molar-refractivity contribution in [2.45, 2.75) is 0 Å². The topological polar surface area (TPSA) is 92.8 Å². The van der Waals surface area contributed by atoms with E-state index in [-0.39, 0.29) is 30.0 Å². The van der Waals surface area contributed by atoms with Crippen molar-refractivity contribution in [3.8, 4) is 0 Å². The number of nitrogens with zero attached hydrogens (tertiary/aromatic N) is 1. The van der Waals surface area contributed by atoms with Gasteiger partial charge in [0, 0.05) is 13.1 Å². The highest BCUT2D eigenvalue weighted by Crippen LogP contribution is 2.19. The molecule has 0 aromatic heterocycles. The molecule has 0 atom stereocenters. The van der Waals surface area contributed by atoms with E-state index in [0.717, 1.165) is 27.4 Å². The van der Waals surface area contributed by atoms with E-state index in [1.165, 1.54) is 0 Å². The molecule has 0 saturated carbocycles. The number of carbonyl (C=O) groups is 4. The summed E-state index contributed by atoms with van der Waals surface area (Å²) in [5.74, 6) is -1.21. The maximum Gasteiger partial charge on any atom is 0.339 e. The second kappa shape index (κ2) is 8.01. The maximum absolute atomic E-state index is 12.2. The average Bonchev–Trinajstić information content (AvgIpc) is 2.97. The van der Waals surface area contributed by atoms with Gasteiger partial charge in [0.2, 0.25) is 5.91 Å². The molecule has 26 heavy (non-hydrogen) atoms. The molecule has 2 aromatic rings. The Hall–Kier alpha value is -2.87. The van der Waals surface area contributed by atoms with Crippen LogP contribution in [-0.2, 0) is 14.3 Å². The van der Waals surface area contributed by atoms with Gasteiger partial charge in [0.15, 0.2) is 6.61 Å². The number of hydrogen-bond acceptors (Lipinski definition) is 6. The Kier molecular flexibility index (Phi) is 5.52. The summed E-state index contributed by atoms with van der Waals surface area (Å²) >= 11 is 0.940. The molecule has 134 valence electrons. The molecule has 1 fully saturated rings. The van der Waals surface area contributed by atoms with E-state index >= 15 is 0 Å². The van der Waals surface area contributed by atoms with Crippen molar-refractivity contribution in [3.05, 3.63) is 48.0 Å². The summed E-state index contributed by atoms with van der Waals surface area (Å²) in [5, 5.41) is 3.87. The monoisotopic (exact) mass is 372 g/mol. The summed E-state index contributed by atoms with van der Waals surface area (Å²) in [5.41, 5.74) is 0.390. The number of rotatable bonds is 6. The highest BCUT2D eigenvalue weighted by atomic mass is 32.2. The lowest BCUT2D eigenvalue weighted by molar-refractivity contribution is -0.126. The van der Waals surface area contributed by atoms with Crippen LogP contribution in [0.4, 0.5) is 4.79 Å². The Morgan fingerprint density at radius 2 is 1.88 bits per heavy atom. The number of esters is 1. The van der Waals surface area contributed by atoms with Crippen LogP contribution >= 0.6 is 11.8 Å². The molecule has 2 aromatic carbocycles. The molecule has 1 aliphatic heterocycles. The summed E-state index contributed by atoms with van der Waals surface area (Å²) in [6.45, 7) is -0.213. The van der Waals surface area contributed by atoms with Gasteiger partial charge in [-0.2, -0.15) is 0 Å². The van der Waals surface area contributed by atoms with E-state index in [0.29, 0.717) is 5.56 Å². The van der Waals surface area contributed by atoms with Crippen molar-refractivity contribution in [3.63, 3.8) is 0 Å². The molecule has 1 aliphatic rings. The zero-order chi connectivity index (χ0) is 18.5. The van der Waals surface area contributed by atoms with Crippen LogP contribution in [0.15, 0.2) is 42.5 Å². The molecule has 0 bridgehead atoms. The zero-order valence-electron chi connectivity index (χ0n) is 13.8. The van der Waals surface area contributed by atoms with Gasteiger partial charge in [-0.05, 0) is 16.8 Å². The molecular weight excluding hydrogens is 356 g/mol. The molecule has 7 nitrogen and oxygen atoms in total. The maximum atomic E-state index is 12.2. The Morgan fingerprint density at radius 1 is 1.12 bits per heavy atom. The standard InChI is InChI=1S/C18H16N2O5S/c21-15(19-8-9-20-16(22)11-26-18(20)24)10-25-17(23)14-7-3-5-12-4-1-2-6-13(12)14/h1-7H,8-11H2,(H,19,21). The molecular formula is C18H16N2O5S. The summed E-state index contributed by atoms with van der Waals surface area (Å²) < 4.78 is 5.06.